The van der Waals surface area contributed by atoms with Crippen LogP contribution in [-0.2, 0) is 22.3 Å². The first-order chi connectivity index (χ1) is 28.8. The standard InChI is InChI=1S/C46H52N6O5S3/c1-22-15-25(4)47-43-35(22)28(7)40(60-43)46(55)52-12-8-9-33(52)18-30-16-23(2)36-27(6)39(59-44(36)50-30)42(54)49-32-20-34(57-21-32)19-31-17-24(3)37-26(5)38(58-45(37)51-31)41(53)48-29-10-13-56-14-11-29/h15-17,29,32-34H,8-14,18-21H2,1-7H3,(H,48,53)(H,49,54). The Labute approximate surface area is 362 Å². The molecular weight excluding hydrogens is 813 g/mol. The predicted molar refractivity (Wildman–Crippen MR) is 240 cm³/mol. The fourth-order valence-corrected chi connectivity index (χ4v) is 13.3. The number of fused-ring (bicyclic) bond motifs is 3. The van der Waals surface area contributed by atoms with Crippen LogP contribution in [0.2, 0.25) is 0 Å². The maximum Gasteiger partial charge on any atom is 0.264 e. The topological polar surface area (TPSA) is 136 Å². The van der Waals surface area contributed by atoms with E-state index in [9.17, 15) is 14.4 Å². The number of pyridine rings is 3. The molecule has 6 aromatic heterocycles. The van der Waals surface area contributed by atoms with Gasteiger partial charge in [-0.25, -0.2) is 15.0 Å². The molecular formula is C46H52N6O5S3. The summed E-state index contributed by atoms with van der Waals surface area (Å²) in [5.74, 6) is -0.0525. The van der Waals surface area contributed by atoms with E-state index in [4.69, 9.17) is 24.4 Å². The van der Waals surface area contributed by atoms with Crippen LogP contribution in [0.3, 0.4) is 0 Å². The van der Waals surface area contributed by atoms with Gasteiger partial charge in [-0.2, -0.15) is 0 Å². The minimum absolute atomic E-state index is 0.0349. The van der Waals surface area contributed by atoms with E-state index in [0.29, 0.717) is 44.0 Å². The minimum Gasteiger partial charge on any atom is -0.381 e. The lowest BCUT2D eigenvalue weighted by molar-refractivity contribution is 0.0696. The molecule has 3 aliphatic rings. The Morgan fingerprint density at radius 2 is 1.22 bits per heavy atom. The van der Waals surface area contributed by atoms with Crippen molar-refractivity contribution in [3.63, 3.8) is 0 Å². The molecule has 9 rings (SSSR count). The lowest BCUT2D eigenvalue weighted by atomic mass is 10.0. The minimum atomic E-state index is -0.120. The van der Waals surface area contributed by atoms with E-state index in [1.807, 2.05) is 32.6 Å². The highest BCUT2D eigenvalue weighted by molar-refractivity contribution is 7.21. The van der Waals surface area contributed by atoms with Crippen LogP contribution in [0, 0.1) is 48.5 Å². The number of hydrogen-bond donors (Lipinski definition) is 2. The molecule has 314 valence electrons. The number of thiophene rings is 3. The molecule has 0 spiro atoms. The third-order valence-electron chi connectivity index (χ3n) is 12.6. The number of likely N-dealkylation sites (tertiary alicyclic amines) is 1. The number of rotatable bonds is 9. The zero-order chi connectivity index (χ0) is 42.0. The van der Waals surface area contributed by atoms with Gasteiger partial charge in [0, 0.05) is 77.9 Å². The molecule has 0 saturated carbocycles. The van der Waals surface area contributed by atoms with Crippen molar-refractivity contribution in [3.8, 4) is 0 Å². The molecule has 3 fully saturated rings. The number of nitrogens with zero attached hydrogens (tertiary/aromatic N) is 4. The summed E-state index contributed by atoms with van der Waals surface area (Å²) in [6.07, 6.45) is 5.46. The summed E-state index contributed by atoms with van der Waals surface area (Å²) in [6, 6.07) is 6.40. The molecule has 3 amide bonds. The summed E-state index contributed by atoms with van der Waals surface area (Å²) in [5.41, 5.74) is 9.12. The van der Waals surface area contributed by atoms with E-state index in [1.54, 1.807) is 0 Å². The summed E-state index contributed by atoms with van der Waals surface area (Å²) in [4.78, 5) is 62.8. The number of nitrogens with one attached hydrogen (secondary N) is 2. The van der Waals surface area contributed by atoms with Gasteiger partial charge in [0.25, 0.3) is 17.7 Å². The number of carbonyl (C=O) groups excluding carboxylic acids is 3. The fraction of sp³-hybridized carbons (Fsp3) is 0.478. The molecule has 3 atom stereocenters. The zero-order valence-electron chi connectivity index (χ0n) is 35.4. The van der Waals surface area contributed by atoms with Crippen molar-refractivity contribution in [1.82, 2.24) is 30.5 Å². The third-order valence-corrected chi connectivity index (χ3v) is 16.2. The van der Waals surface area contributed by atoms with Gasteiger partial charge in [-0.05, 0) is 132 Å². The predicted octanol–water partition coefficient (Wildman–Crippen LogP) is 8.56. The number of hydrogen-bond acceptors (Lipinski definition) is 11. The third kappa shape index (κ3) is 7.74. The highest BCUT2D eigenvalue weighted by atomic mass is 32.1. The Hall–Kier alpha value is -4.34. The molecule has 0 radical (unpaired) electrons. The summed E-state index contributed by atoms with van der Waals surface area (Å²) < 4.78 is 11.7. The van der Waals surface area contributed by atoms with Gasteiger partial charge in [0.1, 0.15) is 14.5 Å². The average Bonchev–Trinajstić information content (AvgIpc) is 4.03. The quantitative estimate of drug-likeness (QED) is 0.148. The van der Waals surface area contributed by atoms with Crippen LogP contribution in [0.15, 0.2) is 18.2 Å². The Morgan fingerprint density at radius 1 is 0.683 bits per heavy atom. The van der Waals surface area contributed by atoms with E-state index in [1.165, 1.54) is 34.0 Å². The van der Waals surface area contributed by atoms with Crippen molar-refractivity contribution in [2.75, 3.05) is 26.4 Å². The molecule has 11 nitrogen and oxygen atoms in total. The molecule has 6 aromatic rings. The molecule has 3 aliphatic heterocycles. The van der Waals surface area contributed by atoms with E-state index in [0.717, 1.165) is 123 Å². The first-order valence-electron chi connectivity index (χ1n) is 21.1. The van der Waals surface area contributed by atoms with Crippen LogP contribution in [0.1, 0.15) is 112 Å². The Balaban J connectivity index is 0.848. The average molecular weight is 865 g/mol. The van der Waals surface area contributed by atoms with Crippen molar-refractivity contribution >= 4 is 82.4 Å². The van der Waals surface area contributed by atoms with Gasteiger partial charge in [0.2, 0.25) is 0 Å². The second-order valence-corrected chi connectivity index (χ2v) is 20.1. The van der Waals surface area contributed by atoms with Crippen molar-refractivity contribution in [3.05, 3.63) is 83.3 Å². The van der Waals surface area contributed by atoms with Gasteiger partial charge in [0.15, 0.2) is 0 Å². The number of ether oxygens (including phenoxy) is 2. The van der Waals surface area contributed by atoms with Gasteiger partial charge in [-0.15, -0.1) is 34.0 Å². The first kappa shape index (κ1) is 41.0. The van der Waals surface area contributed by atoms with Gasteiger partial charge in [0.05, 0.1) is 33.4 Å². The molecule has 2 N–H and O–H groups in total. The SMILES string of the molecule is Cc1cc(C)c2c(C)c(C(=O)N3CCCC3Cc3cc(C)c4c(C)c(C(=O)NC5COC(Cc6cc(C)c7c(C)c(C(=O)NC8CCOCC8)sc7n6)C5)sc4n3)sc2n1. The molecule has 0 aromatic carbocycles. The Morgan fingerprint density at radius 3 is 1.85 bits per heavy atom. The molecule has 0 bridgehead atoms. The van der Waals surface area contributed by atoms with Crippen LogP contribution in [0.25, 0.3) is 30.6 Å². The van der Waals surface area contributed by atoms with Gasteiger partial charge in [-0.1, -0.05) is 0 Å². The van der Waals surface area contributed by atoms with Crippen molar-refractivity contribution in [2.45, 2.75) is 118 Å². The molecule has 14 heteroatoms. The Bertz CT molecular complexity index is 2690. The van der Waals surface area contributed by atoms with Crippen LogP contribution in [-0.4, -0.2) is 88.2 Å². The van der Waals surface area contributed by atoms with Crippen molar-refractivity contribution < 1.29 is 23.9 Å². The number of aryl methyl sites for hydroxylation is 7. The molecule has 0 aliphatic carbocycles. The molecule has 3 unspecified atom stereocenters. The largest absolute Gasteiger partial charge is 0.381 e. The summed E-state index contributed by atoms with van der Waals surface area (Å²) in [6.45, 7) is 16.8. The maximum atomic E-state index is 14.1. The van der Waals surface area contributed by atoms with E-state index in [2.05, 4.69) is 49.6 Å². The highest BCUT2D eigenvalue weighted by Gasteiger charge is 2.34. The van der Waals surface area contributed by atoms with Gasteiger partial charge >= 0.3 is 0 Å². The van der Waals surface area contributed by atoms with Gasteiger partial charge in [-0.3, -0.25) is 14.4 Å². The second-order valence-electron chi connectivity index (χ2n) is 17.1. The lowest BCUT2D eigenvalue weighted by Crippen LogP contribution is -2.38. The summed E-state index contributed by atoms with van der Waals surface area (Å²) in [5, 5.41) is 9.63. The zero-order valence-corrected chi connectivity index (χ0v) is 37.8. The van der Waals surface area contributed by atoms with Crippen LogP contribution < -0.4 is 10.6 Å². The first-order valence-corrected chi connectivity index (χ1v) is 23.6. The highest BCUT2D eigenvalue weighted by Crippen LogP contribution is 2.37. The van der Waals surface area contributed by atoms with E-state index < -0.39 is 0 Å². The molecule has 60 heavy (non-hydrogen) atoms. The fourth-order valence-electron chi connectivity index (χ4n) is 9.73. The molecule has 3 saturated heterocycles. The summed E-state index contributed by atoms with van der Waals surface area (Å²) >= 11 is 4.40. The van der Waals surface area contributed by atoms with Crippen LogP contribution >= 0.6 is 34.0 Å². The van der Waals surface area contributed by atoms with E-state index in [-0.39, 0.29) is 42.0 Å². The van der Waals surface area contributed by atoms with Crippen LogP contribution in [0.4, 0.5) is 0 Å². The smallest absolute Gasteiger partial charge is 0.264 e. The summed E-state index contributed by atoms with van der Waals surface area (Å²) in [7, 11) is 0. The molecule has 9 heterocycles. The number of carbonyl (C=O) groups is 3. The maximum absolute atomic E-state index is 14.1. The second kappa shape index (κ2) is 16.5. The van der Waals surface area contributed by atoms with E-state index >= 15 is 0 Å². The van der Waals surface area contributed by atoms with Gasteiger partial charge < -0.3 is 25.0 Å². The normalized spacial score (nSPS) is 19.9. The lowest BCUT2D eigenvalue weighted by Gasteiger charge is -2.24. The van der Waals surface area contributed by atoms with Crippen molar-refractivity contribution in [2.24, 2.45) is 0 Å². The monoisotopic (exact) mass is 864 g/mol. The van der Waals surface area contributed by atoms with Crippen LogP contribution in [0.5, 0.6) is 0 Å². The number of aromatic nitrogens is 3. The Kier molecular flexibility index (Phi) is 11.3. The number of amides is 3. The van der Waals surface area contributed by atoms with Crippen molar-refractivity contribution in [1.29, 1.82) is 0 Å².